The number of hydrogen-bond acceptors (Lipinski definition) is 3. The van der Waals surface area contributed by atoms with E-state index in [0.717, 1.165) is 38.4 Å². The van der Waals surface area contributed by atoms with E-state index in [4.69, 9.17) is 0 Å². The van der Waals surface area contributed by atoms with Crippen LogP contribution < -0.4 is 10.6 Å². The number of nitrogens with zero attached hydrogens (tertiary/aromatic N) is 2. The van der Waals surface area contributed by atoms with Gasteiger partial charge in [0.05, 0.1) is 0 Å². The van der Waals surface area contributed by atoms with Crippen molar-refractivity contribution >= 4 is 11.7 Å². The molecule has 0 aliphatic carbocycles. The minimum atomic E-state index is -0.00338. The number of rotatable bonds is 4. The van der Waals surface area contributed by atoms with Gasteiger partial charge in [0.25, 0.3) is 0 Å². The third-order valence-corrected chi connectivity index (χ3v) is 3.94. The Kier molecular flexibility index (Phi) is 5.59. The molecule has 1 aliphatic heterocycles. The van der Waals surface area contributed by atoms with Gasteiger partial charge < -0.3 is 20.4 Å². The second kappa shape index (κ2) is 7.43. The molecule has 21 heavy (non-hydrogen) atoms. The first-order valence-corrected chi connectivity index (χ1v) is 7.68. The summed E-state index contributed by atoms with van der Waals surface area (Å²) in [7, 11) is 2.08. The van der Waals surface area contributed by atoms with Gasteiger partial charge in [-0.05, 0) is 38.2 Å². The molecule has 5 heteroatoms. The monoisotopic (exact) mass is 290 g/mol. The van der Waals surface area contributed by atoms with E-state index in [9.17, 15) is 4.79 Å². The number of amides is 2. The lowest BCUT2D eigenvalue weighted by molar-refractivity contribution is 0.164. The van der Waals surface area contributed by atoms with Crippen molar-refractivity contribution in [2.75, 3.05) is 45.1 Å². The highest BCUT2D eigenvalue weighted by Crippen LogP contribution is 2.17. The Morgan fingerprint density at radius 2 is 2.00 bits per heavy atom. The van der Waals surface area contributed by atoms with Crippen molar-refractivity contribution in [2.45, 2.75) is 19.9 Å². The molecule has 2 amide bonds. The van der Waals surface area contributed by atoms with Crippen LogP contribution in [0, 0.1) is 0 Å². The van der Waals surface area contributed by atoms with Gasteiger partial charge in [0.2, 0.25) is 0 Å². The van der Waals surface area contributed by atoms with E-state index >= 15 is 0 Å². The second-order valence-electron chi connectivity index (χ2n) is 5.63. The molecule has 1 fully saturated rings. The minimum absolute atomic E-state index is 0.00338. The summed E-state index contributed by atoms with van der Waals surface area (Å²) in [5.74, 6) is 0. The molecule has 0 bridgehead atoms. The van der Waals surface area contributed by atoms with Crippen LogP contribution in [-0.2, 0) is 0 Å². The van der Waals surface area contributed by atoms with Crippen molar-refractivity contribution in [3.63, 3.8) is 0 Å². The van der Waals surface area contributed by atoms with E-state index in [0.29, 0.717) is 0 Å². The smallest absolute Gasteiger partial charge is 0.321 e. The zero-order valence-corrected chi connectivity index (χ0v) is 13.2. The fraction of sp³-hybridized carbons (Fsp3) is 0.562. The molecule has 5 nitrogen and oxygen atoms in total. The zero-order valence-electron chi connectivity index (χ0n) is 13.2. The van der Waals surface area contributed by atoms with Gasteiger partial charge in [-0.15, -0.1) is 0 Å². The van der Waals surface area contributed by atoms with Crippen LogP contribution >= 0.6 is 0 Å². The molecule has 116 valence electrons. The van der Waals surface area contributed by atoms with Gasteiger partial charge in [0, 0.05) is 37.9 Å². The van der Waals surface area contributed by atoms with Gasteiger partial charge in [-0.2, -0.15) is 0 Å². The molecular weight excluding hydrogens is 264 g/mol. The Balaban J connectivity index is 1.96. The predicted octanol–water partition coefficient (Wildman–Crippen LogP) is 2.14. The number of carbonyl (C=O) groups is 1. The van der Waals surface area contributed by atoms with Gasteiger partial charge in [0.15, 0.2) is 0 Å². The van der Waals surface area contributed by atoms with E-state index in [2.05, 4.69) is 42.5 Å². The average molecular weight is 290 g/mol. The van der Waals surface area contributed by atoms with Gasteiger partial charge >= 0.3 is 6.03 Å². The van der Waals surface area contributed by atoms with Crippen LogP contribution in [-0.4, -0.2) is 55.6 Å². The Morgan fingerprint density at radius 3 is 2.67 bits per heavy atom. The number of nitrogens with one attached hydrogen (secondary N) is 2. The maximum absolute atomic E-state index is 12.3. The Bertz CT molecular complexity index is 469. The number of piperazine rings is 1. The standard InChI is InChI=1S/C16H26N4O/c1-4-17-13(2)14-6-5-7-15(12-14)18-16(21)20-10-8-19(3)9-11-20/h5-7,12-13,17H,4,8-11H2,1-3H3,(H,18,21). The van der Waals surface area contributed by atoms with Crippen molar-refractivity contribution in [3.05, 3.63) is 29.8 Å². The van der Waals surface area contributed by atoms with Crippen molar-refractivity contribution in [2.24, 2.45) is 0 Å². The highest BCUT2D eigenvalue weighted by atomic mass is 16.2. The number of carbonyl (C=O) groups excluding carboxylic acids is 1. The molecule has 2 N–H and O–H groups in total. The van der Waals surface area contributed by atoms with Crippen LogP contribution in [0.2, 0.25) is 0 Å². The molecule has 1 saturated heterocycles. The average Bonchev–Trinajstić information content (AvgIpc) is 2.48. The van der Waals surface area contributed by atoms with Crippen molar-refractivity contribution < 1.29 is 4.79 Å². The molecule has 2 rings (SSSR count). The van der Waals surface area contributed by atoms with E-state index < -0.39 is 0 Å². The highest BCUT2D eigenvalue weighted by Gasteiger charge is 2.19. The summed E-state index contributed by atoms with van der Waals surface area (Å²) in [4.78, 5) is 16.4. The maximum Gasteiger partial charge on any atom is 0.321 e. The second-order valence-corrected chi connectivity index (χ2v) is 5.63. The lowest BCUT2D eigenvalue weighted by Gasteiger charge is -2.32. The molecule has 0 radical (unpaired) electrons. The molecule has 0 aromatic heterocycles. The largest absolute Gasteiger partial charge is 0.322 e. The number of benzene rings is 1. The first-order valence-electron chi connectivity index (χ1n) is 7.68. The summed E-state index contributed by atoms with van der Waals surface area (Å²) in [6.07, 6.45) is 0. The van der Waals surface area contributed by atoms with Crippen LogP contribution in [0.25, 0.3) is 0 Å². The van der Waals surface area contributed by atoms with E-state index in [-0.39, 0.29) is 12.1 Å². The summed E-state index contributed by atoms with van der Waals surface area (Å²) < 4.78 is 0. The Morgan fingerprint density at radius 1 is 1.29 bits per heavy atom. The molecule has 0 spiro atoms. The lowest BCUT2D eigenvalue weighted by Crippen LogP contribution is -2.48. The first-order chi connectivity index (χ1) is 10.1. The fourth-order valence-electron chi connectivity index (χ4n) is 2.52. The van der Waals surface area contributed by atoms with E-state index in [1.54, 1.807) is 0 Å². The Hall–Kier alpha value is -1.59. The lowest BCUT2D eigenvalue weighted by atomic mass is 10.1. The van der Waals surface area contributed by atoms with Gasteiger partial charge in [-0.3, -0.25) is 0 Å². The third-order valence-electron chi connectivity index (χ3n) is 3.94. The highest BCUT2D eigenvalue weighted by molar-refractivity contribution is 5.89. The molecule has 1 heterocycles. The van der Waals surface area contributed by atoms with E-state index in [1.165, 1.54) is 5.56 Å². The van der Waals surface area contributed by atoms with Crippen molar-refractivity contribution in [1.82, 2.24) is 15.1 Å². The molecule has 0 saturated carbocycles. The number of hydrogen-bond donors (Lipinski definition) is 2. The van der Waals surface area contributed by atoms with Gasteiger partial charge in [-0.1, -0.05) is 19.1 Å². The quantitative estimate of drug-likeness (QED) is 0.893. The van der Waals surface area contributed by atoms with E-state index in [1.807, 2.05) is 23.1 Å². The number of likely N-dealkylation sites (N-methyl/N-ethyl adjacent to an activating group) is 1. The first kappa shape index (κ1) is 15.8. The summed E-state index contributed by atoms with van der Waals surface area (Å²) >= 11 is 0. The molecular formula is C16H26N4O. The molecule has 1 aromatic rings. The normalized spacial score (nSPS) is 17.6. The van der Waals surface area contributed by atoms with Gasteiger partial charge in [-0.25, -0.2) is 4.79 Å². The zero-order chi connectivity index (χ0) is 15.2. The SMILES string of the molecule is CCNC(C)c1cccc(NC(=O)N2CCN(C)CC2)c1. The fourth-order valence-corrected chi connectivity index (χ4v) is 2.52. The molecule has 1 atom stereocenters. The van der Waals surface area contributed by atoms with Crippen LogP contribution in [0.4, 0.5) is 10.5 Å². The van der Waals surface area contributed by atoms with Crippen LogP contribution in [0.5, 0.6) is 0 Å². The topological polar surface area (TPSA) is 47.6 Å². The van der Waals surface area contributed by atoms with Crippen LogP contribution in [0.3, 0.4) is 0 Å². The molecule has 1 aliphatic rings. The van der Waals surface area contributed by atoms with Crippen LogP contribution in [0.1, 0.15) is 25.5 Å². The summed E-state index contributed by atoms with van der Waals surface area (Å²) in [5.41, 5.74) is 2.05. The summed E-state index contributed by atoms with van der Waals surface area (Å²) in [6.45, 7) is 8.60. The summed E-state index contributed by atoms with van der Waals surface area (Å²) in [5, 5.41) is 6.39. The van der Waals surface area contributed by atoms with Crippen molar-refractivity contribution in [1.29, 1.82) is 0 Å². The Labute approximate surface area is 127 Å². The van der Waals surface area contributed by atoms with Gasteiger partial charge in [0.1, 0.15) is 0 Å². The maximum atomic E-state index is 12.3. The van der Waals surface area contributed by atoms with Crippen LogP contribution in [0.15, 0.2) is 24.3 Å². The number of urea groups is 1. The summed E-state index contributed by atoms with van der Waals surface area (Å²) in [6, 6.07) is 8.34. The number of anilines is 1. The minimum Gasteiger partial charge on any atom is -0.322 e. The predicted molar refractivity (Wildman–Crippen MR) is 86.6 cm³/mol. The van der Waals surface area contributed by atoms with Crippen molar-refractivity contribution in [3.8, 4) is 0 Å². The molecule has 1 unspecified atom stereocenters. The molecule has 1 aromatic carbocycles. The third kappa shape index (κ3) is 4.44.